The Kier molecular flexibility index (Phi) is 6.51. The third kappa shape index (κ3) is 5.21. The number of aliphatic carboxylic acids is 1. The highest BCUT2D eigenvalue weighted by atomic mass is 32.2. The highest BCUT2D eigenvalue weighted by molar-refractivity contribution is 7.92. The summed E-state index contributed by atoms with van der Waals surface area (Å²) in [6.45, 7) is 2.13. The van der Waals surface area contributed by atoms with Crippen molar-refractivity contribution >= 4 is 21.7 Å². The van der Waals surface area contributed by atoms with E-state index in [1.807, 2.05) is 13.0 Å². The van der Waals surface area contributed by atoms with Gasteiger partial charge in [-0.2, -0.15) is 0 Å². The van der Waals surface area contributed by atoms with Gasteiger partial charge in [-0.25, -0.2) is 8.42 Å². The Bertz CT molecular complexity index is 513. The van der Waals surface area contributed by atoms with Crippen LogP contribution >= 0.6 is 0 Å². The van der Waals surface area contributed by atoms with Gasteiger partial charge in [-0.05, 0) is 25.0 Å². The zero-order valence-electron chi connectivity index (χ0n) is 11.7. The van der Waals surface area contributed by atoms with Crippen LogP contribution in [-0.4, -0.2) is 31.8 Å². The molecule has 0 saturated heterocycles. The van der Waals surface area contributed by atoms with Crippen molar-refractivity contribution < 1.29 is 18.3 Å². The molecule has 0 atom stereocenters. The van der Waals surface area contributed by atoms with Crippen molar-refractivity contribution in [2.24, 2.45) is 0 Å². The number of benzene rings is 1. The molecule has 0 spiro atoms. The predicted octanol–water partition coefficient (Wildman–Crippen LogP) is 2.49. The number of carbonyl (C=O) groups is 1. The van der Waals surface area contributed by atoms with Crippen LogP contribution in [0, 0.1) is 0 Å². The average Bonchev–Trinajstić information content (AvgIpc) is 2.42. The quantitative estimate of drug-likeness (QED) is 0.760. The summed E-state index contributed by atoms with van der Waals surface area (Å²) in [5, 5.41) is 8.67. The first-order chi connectivity index (χ1) is 9.47. The first kappa shape index (κ1) is 16.5. The summed E-state index contributed by atoms with van der Waals surface area (Å²) < 4.78 is 26.0. The van der Waals surface area contributed by atoms with Crippen molar-refractivity contribution in [2.75, 3.05) is 16.6 Å². The molecule has 0 bridgehead atoms. The van der Waals surface area contributed by atoms with Gasteiger partial charge >= 0.3 is 5.97 Å². The van der Waals surface area contributed by atoms with Crippen LogP contribution in [0.5, 0.6) is 0 Å². The molecule has 0 amide bonds. The molecule has 6 heteroatoms. The van der Waals surface area contributed by atoms with Crippen LogP contribution in [0.4, 0.5) is 5.69 Å². The van der Waals surface area contributed by atoms with Gasteiger partial charge in [0.1, 0.15) is 0 Å². The maximum absolute atomic E-state index is 12.3. The Labute approximate surface area is 120 Å². The minimum atomic E-state index is -3.40. The van der Waals surface area contributed by atoms with Crippen molar-refractivity contribution in [3.05, 3.63) is 30.3 Å². The van der Waals surface area contributed by atoms with E-state index < -0.39 is 16.0 Å². The summed E-state index contributed by atoms with van der Waals surface area (Å²) in [5.74, 6) is -0.824. The topological polar surface area (TPSA) is 74.7 Å². The van der Waals surface area contributed by atoms with Gasteiger partial charge in [-0.1, -0.05) is 31.5 Å². The molecule has 1 N–H and O–H groups in total. The fraction of sp³-hybridized carbons (Fsp3) is 0.500. The summed E-state index contributed by atoms with van der Waals surface area (Å²) in [6, 6.07) is 8.82. The minimum absolute atomic E-state index is 0.0351. The largest absolute Gasteiger partial charge is 0.481 e. The van der Waals surface area contributed by atoms with Crippen LogP contribution < -0.4 is 4.31 Å². The molecular formula is C14H21NO4S. The van der Waals surface area contributed by atoms with Crippen molar-refractivity contribution in [3.63, 3.8) is 0 Å². The van der Waals surface area contributed by atoms with Gasteiger partial charge in [0.15, 0.2) is 0 Å². The number of rotatable bonds is 9. The fourth-order valence-electron chi connectivity index (χ4n) is 1.83. The molecule has 1 aromatic carbocycles. The molecule has 0 aliphatic carbocycles. The van der Waals surface area contributed by atoms with E-state index in [0.29, 0.717) is 18.5 Å². The Morgan fingerprint density at radius 1 is 1.20 bits per heavy atom. The number of para-hydroxylation sites is 1. The predicted molar refractivity (Wildman–Crippen MR) is 79.4 cm³/mol. The third-order valence-corrected chi connectivity index (χ3v) is 4.76. The lowest BCUT2D eigenvalue weighted by molar-refractivity contribution is -0.137. The standard InChI is InChI=1S/C14H21NO4S/c1-2-3-12-20(18,19)15(11-7-10-14(16)17)13-8-5-4-6-9-13/h4-6,8-9H,2-3,7,10-12H2,1H3,(H,16,17). The molecule has 0 aliphatic heterocycles. The van der Waals surface area contributed by atoms with Crippen molar-refractivity contribution in [3.8, 4) is 0 Å². The van der Waals surface area contributed by atoms with Crippen molar-refractivity contribution in [1.29, 1.82) is 0 Å². The van der Waals surface area contributed by atoms with Gasteiger partial charge in [0.25, 0.3) is 0 Å². The van der Waals surface area contributed by atoms with E-state index in [2.05, 4.69) is 0 Å². The average molecular weight is 299 g/mol. The first-order valence-corrected chi connectivity index (χ1v) is 8.35. The Balaban J connectivity index is 2.87. The van der Waals surface area contributed by atoms with Crippen LogP contribution in [-0.2, 0) is 14.8 Å². The molecule has 0 heterocycles. The molecule has 0 fully saturated rings. The van der Waals surface area contributed by atoms with Crippen LogP contribution in [0.1, 0.15) is 32.6 Å². The highest BCUT2D eigenvalue weighted by Crippen LogP contribution is 2.19. The number of sulfonamides is 1. The molecule has 0 aliphatic rings. The zero-order chi connectivity index (χ0) is 15.0. The van der Waals surface area contributed by atoms with E-state index in [4.69, 9.17) is 5.11 Å². The van der Waals surface area contributed by atoms with E-state index in [-0.39, 0.29) is 18.7 Å². The molecule has 1 rings (SSSR count). The number of carboxylic acids is 1. The van der Waals surface area contributed by atoms with E-state index in [1.54, 1.807) is 24.3 Å². The summed E-state index contributed by atoms with van der Waals surface area (Å²) in [7, 11) is -3.40. The zero-order valence-corrected chi connectivity index (χ0v) is 12.5. The number of unbranched alkanes of at least 4 members (excludes halogenated alkanes) is 1. The molecule has 0 aromatic heterocycles. The van der Waals surface area contributed by atoms with Crippen LogP contribution in [0.2, 0.25) is 0 Å². The molecule has 0 saturated carbocycles. The van der Waals surface area contributed by atoms with Gasteiger partial charge in [0.2, 0.25) is 10.0 Å². The van der Waals surface area contributed by atoms with Gasteiger partial charge in [-0.3, -0.25) is 9.10 Å². The van der Waals surface area contributed by atoms with Crippen molar-refractivity contribution in [1.82, 2.24) is 0 Å². The van der Waals surface area contributed by atoms with Gasteiger partial charge in [0, 0.05) is 13.0 Å². The molecule has 0 radical (unpaired) electrons. The van der Waals surface area contributed by atoms with E-state index in [0.717, 1.165) is 6.42 Å². The monoisotopic (exact) mass is 299 g/mol. The maximum atomic E-state index is 12.3. The number of hydrogen-bond acceptors (Lipinski definition) is 3. The maximum Gasteiger partial charge on any atom is 0.303 e. The van der Waals surface area contributed by atoms with Crippen LogP contribution in [0.3, 0.4) is 0 Å². The fourth-order valence-corrected chi connectivity index (χ4v) is 3.56. The molecule has 20 heavy (non-hydrogen) atoms. The summed E-state index contributed by atoms with van der Waals surface area (Å²) in [6.07, 6.45) is 1.67. The van der Waals surface area contributed by atoms with Gasteiger partial charge in [-0.15, -0.1) is 0 Å². The normalized spacial score (nSPS) is 11.2. The summed E-state index contributed by atoms with van der Waals surface area (Å²) >= 11 is 0. The lowest BCUT2D eigenvalue weighted by Crippen LogP contribution is -2.34. The Hall–Kier alpha value is -1.56. The smallest absolute Gasteiger partial charge is 0.303 e. The molecule has 112 valence electrons. The van der Waals surface area contributed by atoms with E-state index in [1.165, 1.54) is 4.31 Å². The number of hydrogen-bond donors (Lipinski definition) is 1. The number of anilines is 1. The van der Waals surface area contributed by atoms with Crippen LogP contribution in [0.15, 0.2) is 30.3 Å². The number of nitrogens with zero attached hydrogens (tertiary/aromatic N) is 1. The summed E-state index contributed by atoms with van der Waals surface area (Å²) in [4.78, 5) is 10.6. The van der Waals surface area contributed by atoms with E-state index >= 15 is 0 Å². The number of carboxylic acid groups (broad SMARTS) is 1. The Morgan fingerprint density at radius 2 is 1.85 bits per heavy atom. The van der Waals surface area contributed by atoms with Gasteiger partial charge < -0.3 is 5.11 Å². The second kappa shape index (κ2) is 7.89. The third-order valence-electron chi connectivity index (χ3n) is 2.89. The lowest BCUT2D eigenvalue weighted by Gasteiger charge is -2.24. The second-order valence-corrected chi connectivity index (χ2v) is 6.59. The van der Waals surface area contributed by atoms with Gasteiger partial charge in [0.05, 0.1) is 11.4 Å². The SMILES string of the molecule is CCCCS(=O)(=O)N(CCCC(=O)O)c1ccccc1. The van der Waals surface area contributed by atoms with Crippen LogP contribution in [0.25, 0.3) is 0 Å². The molecular weight excluding hydrogens is 278 g/mol. The van der Waals surface area contributed by atoms with Crippen molar-refractivity contribution in [2.45, 2.75) is 32.6 Å². The molecule has 0 unspecified atom stereocenters. The Morgan fingerprint density at radius 3 is 2.40 bits per heavy atom. The lowest BCUT2D eigenvalue weighted by atomic mass is 10.3. The highest BCUT2D eigenvalue weighted by Gasteiger charge is 2.21. The minimum Gasteiger partial charge on any atom is -0.481 e. The molecule has 5 nitrogen and oxygen atoms in total. The molecule has 1 aromatic rings. The second-order valence-electron chi connectivity index (χ2n) is 4.57. The van der Waals surface area contributed by atoms with E-state index in [9.17, 15) is 13.2 Å². The first-order valence-electron chi connectivity index (χ1n) is 6.74. The summed E-state index contributed by atoms with van der Waals surface area (Å²) in [5.41, 5.74) is 0.592.